The Hall–Kier alpha value is -2.01. The first kappa shape index (κ1) is 25.1. The van der Waals surface area contributed by atoms with Crippen molar-refractivity contribution in [2.75, 3.05) is 0 Å². The number of alkyl halides is 2. The number of rotatable bonds is 5. The van der Waals surface area contributed by atoms with Gasteiger partial charge in [0.2, 0.25) is 0 Å². The minimum Gasteiger partial charge on any atom is -0.272 e. The van der Waals surface area contributed by atoms with Crippen molar-refractivity contribution in [3.63, 3.8) is 0 Å². The van der Waals surface area contributed by atoms with Gasteiger partial charge in [-0.2, -0.15) is 5.01 Å². The van der Waals surface area contributed by atoms with Gasteiger partial charge in [0.25, 0.3) is 23.4 Å². The average Bonchev–Trinajstić information content (AvgIpc) is 3.02. The lowest BCUT2D eigenvalue weighted by atomic mass is 9.81. The molecule has 2 aromatic rings. The second-order valence-corrected chi connectivity index (χ2v) is 11.3. The van der Waals surface area contributed by atoms with Gasteiger partial charge in [0.15, 0.2) is 0 Å². The fourth-order valence-electron chi connectivity index (χ4n) is 4.32. The molecule has 1 aliphatic carbocycles. The molecule has 2 aliphatic rings. The Bertz CT molecular complexity index is 1170. The van der Waals surface area contributed by atoms with E-state index < -0.39 is 41.0 Å². The standard InChI is InChI=1S/C22H17Br2Cl2N3O5/c23-16-8-14-15(9-17(16)24)22(32)28(21(14)31)27(20(30)13-3-1-2-4-18(13)26)10-11-5-6-12(25)7-19(11)29(33)34/h1-7,14-17H,8-10H2/t14-,15+,16+,17-. The highest BCUT2D eigenvalue weighted by Gasteiger charge is 2.54. The molecule has 4 rings (SSSR count). The second kappa shape index (κ2) is 9.93. The van der Waals surface area contributed by atoms with E-state index >= 15 is 0 Å². The van der Waals surface area contributed by atoms with Gasteiger partial charge in [-0.3, -0.25) is 24.5 Å². The normalized spacial score (nSPS) is 24.2. The lowest BCUT2D eigenvalue weighted by Gasteiger charge is -2.30. The first-order valence-corrected chi connectivity index (χ1v) is 12.8. The van der Waals surface area contributed by atoms with Crippen molar-refractivity contribution in [3.05, 3.63) is 73.8 Å². The zero-order chi connectivity index (χ0) is 24.7. The minimum atomic E-state index is -0.721. The summed E-state index contributed by atoms with van der Waals surface area (Å²) >= 11 is 19.2. The Morgan fingerprint density at radius 2 is 1.65 bits per heavy atom. The number of fused-ring (bicyclic) bond motifs is 1. The fraction of sp³-hybridized carbons (Fsp3) is 0.318. The van der Waals surface area contributed by atoms with Gasteiger partial charge >= 0.3 is 0 Å². The number of carbonyl (C=O) groups excluding carboxylic acids is 3. The van der Waals surface area contributed by atoms with Gasteiger partial charge in [0, 0.05) is 20.7 Å². The molecular weight excluding hydrogens is 617 g/mol. The van der Waals surface area contributed by atoms with Crippen LogP contribution in [0.5, 0.6) is 0 Å². The summed E-state index contributed by atoms with van der Waals surface area (Å²) in [6.45, 7) is -0.399. The highest BCUT2D eigenvalue weighted by Crippen LogP contribution is 2.44. The van der Waals surface area contributed by atoms with Crippen LogP contribution in [0.1, 0.15) is 28.8 Å². The van der Waals surface area contributed by atoms with E-state index in [2.05, 4.69) is 31.9 Å². The van der Waals surface area contributed by atoms with Crippen molar-refractivity contribution in [1.29, 1.82) is 0 Å². The molecule has 4 atom stereocenters. The number of nitro groups is 1. The minimum absolute atomic E-state index is 0.0180. The van der Waals surface area contributed by atoms with Crippen molar-refractivity contribution in [2.24, 2.45) is 11.8 Å². The molecule has 0 bridgehead atoms. The van der Waals surface area contributed by atoms with Crippen molar-refractivity contribution >= 4 is 78.5 Å². The molecule has 1 heterocycles. The first-order chi connectivity index (χ1) is 16.1. The van der Waals surface area contributed by atoms with Gasteiger partial charge in [0.05, 0.1) is 39.5 Å². The van der Waals surface area contributed by atoms with Crippen LogP contribution in [0, 0.1) is 22.0 Å². The molecule has 12 heteroatoms. The van der Waals surface area contributed by atoms with Crippen LogP contribution in [-0.4, -0.2) is 42.3 Å². The maximum Gasteiger partial charge on any atom is 0.275 e. The predicted octanol–water partition coefficient (Wildman–Crippen LogP) is 5.38. The number of benzene rings is 2. The summed E-state index contributed by atoms with van der Waals surface area (Å²) in [7, 11) is 0. The summed E-state index contributed by atoms with van der Waals surface area (Å²) in [6, 6.07) is 10.2. The molecule has 178 valence electrons. The van der Waals surface area contributed by atoms with E-state index in [9.17, 15) is 24.5 Å². The van der Waals surface area contributed by atoms with Crippen LogP contribution in [-0.2, 0) is 16.1 Å². The van der Waals surface area contributed by atoms with Crippen LogP contribution in [0.2, 0.25) is 10.0 Å². The Morgan fingerprint density at radius 3 is 2.21 bits per heavy atom. The lowest BCUT2D eigenvalue weighted by molar-refractivity contribution is -0.385. The molecule has 8 nitrogen and oxygen atoms in total. The van der Waals surface area contributed by atoms with Crippen LogP contribution >= 0.6 is 55.1 Å². The fourth-order valence-corrected chi connectivity index (χ4v) is 5.94. The second-order valence-electron chi connectivity index (χ2n) is 8.08. The zero-order valence-corrected chi connectivity index (χ0v) is 22.1. The van der Waals surface area contributed by atoms with Crippen LogP contribution in [0.25, 0.3) is 0 Å². The molecule has 1 saturated carbocycles. The van der Waals surface area contributed by atoms with E-state index in [-0.39, 0.29) is 36.5 Å². The number of hydrogen-bond donors (Lipinski definition) is 0. The molecule has 3 amide bonds. The van der Waals surface area contributed by atoms with Gasteiger partial charge in [-0.1, -0.05) is 67.2 Å². The maximum atomic E-state index is 13.6. The third-order valence-corrected chi connectivity index (χ3v) is 9.33. The highest BCUT2D eigenvalue weighted by atomic mass is 79.9. The van der Waals surface area contributed by atoms with Crippen LogP contribution in [0.4, 0.5) is 5.69 Å². The van der Waals surface area contributed by atoms with Gasteiger partial charge < -0.3 is 0 Å². The number of halogens is 4. The van der Waals surface area contributed by atoms with E-state index in [0.29, 0.717) is 12.8 Å². The van der Waals surface area contributed by atoms with Gasteiger partial charge in [-0.15, -0.1) is 0 Å². The molecule has 1 aliphatic heterocycles. The van der Waals surface area contributed by atoms with E-state index in [1.54, 1.807) is 12.1 Å². The largest absolute Gasteiger partial charge is 0.275 e. The molecule has 0 spiro atoms. The molecule has 1 saturated heterocycles. The third-order valence-electron chi connectivity index (χ3n) is 6.03. The monoisotopic (exact) mass is 631 g/mol. The molecule has 0 aromatic heterocycles. The van der Waals surface area contributed by atoms with Gasteiger partial charge in [0.1, 0.15) is 0 Å². The molecule has 0 unspecified atom stereocenters. The smallest absolute Gasteiger partial charge is 0.272 e. The summed E-state index contributed by atoms with van der Waals surface area (Å²) in [5, 5.41) is 13.7. The van der Waals surface area contributed by atoms with Crippen molar-refractivity contribution in [1.82, 2.24) is 10.0 Å². The Kier molecular flexibility index (Phi) is 7.33. The Labute approximate surface area is 221 Å². The molecule has 0 radical (unpaired) electrons. The van der Waals surface area contributed by atoms with Crippen molar-refractivity contribution in [3.8, 4) is 0 Å². The average molecular weight is 634 g/mol. The van der Waals surface area contributed by atoms with Crippen molar-refractivity contribution < 1.29 is 19.3 Å². The van der Waals surface area contributed by atoms with E-state index in [0.717, 1.165) is 16.1 Å². The predicted molar refractivity (Wildman–Crippen MR) is 133 cm³/mol. The lowest BCUT2D eigenvalue weighted by Crippen LogP contribution is -2.50. The Balaban J connectivity index is 1.79. The zero-order valence-electron chi connectivity index (χ0n) is 17.4. The van der Waals surface area contributed by atoms with Crippen LogP contribution in [0.15, 0.2) is 42.5 Å². The summed E-state index contributed by atoms with van der Waals surface area (Å²) < 4.78 is 0. The molecule has 2 fully saturated rings. The molecule has 2 aromatic carbocycles. The van der Waals surface area contributed by atoms with E-state index in [1.807, 2.05) is 0 Å². The SMILES string of the molecule is O=C(c1ccccc1Cl)N(Cc1ccc(Cl)cc1[N+](=O)[O-])N1C(=O)[C@H]2C[C@@H](Br)[C@@H](Br)C[C@H]2C1=O. The topological polar surface area (TPSA) is 101 Å². The number of hydrogen-bond acceptors (Lipinski definition) is 5. The van der Waals surface area contributed by atoms with Gasteiger partial charge in [-0.25, -0.2) is 5.01 Å². The molecular formula is C22H17Br2Cl2N3O5. The van der Waals surface area contributed by atoms with Crippen molar-refractivity contribution in [2.45, 2.75) is 29.0 Å². The number of imide groups is 1. The number of hydrazine groups is 1. The molecule has 34 heavy (non-hydrogen) atoms. The van der Waals surface area contributed by atoms with Crippen LogP contribution < -0.4 is 0 Å². The van der Waals surface area contributed by atoms with E-state index in [4.69, 9.17) is 23.2 Å². The van der Waals surface area contributed by atoms with Gasteiger partial charge in [-0.05, 0) is 37.1 Å². The Morgan fingerprint density at radius 1 is 1.06 bits per heavy atom. The number of carbonyl (C=O) groups is 3. The number of nitrogens with zero attached hydrogens (tertiary/aromatic N) is 3. The molecule has 0 N–H and O–H groups in total. The summed E-state index contributed by atoms with van der Waals surface area (Å²) in [5.74, 6) is -2.97. The number of nitro benzene ring substituents is 1. The summed E-state index contributed by atoms with van der Waals surface area (Å²) in [6.07, 6.45) is 0.827. The third kappa shape index (κ3) is 4.60. The number of amides is 3. The summed E-state index contributed by atoms with van der Waals surface area (Å²) in [4.78, 5) is 51.4. The quantitative estimate of drug-likeness (QED) is 0.190. The highest BCUT2D eigenvalue weighted by molar-refractivity contribution is 9.12. The first-order valence-electron chi connectivity index (χ1n) is 10.2. The van der Waals surface area contributed by atoms with E-state index in [1.165, 1.54) is 24.3 Å². The maximum absolute atomic E-state index is 13.6. The van der Waals surface area contributed by atoms with Crippen LogP contribution in [0.3, 0.4) is 0 Å². The summed E-state index contributed by atoms with van der Waals surface area (Å²) in [5.41, 5.74) is -0.156.